The van der Waals surface area contributed by atoms with E-state index in [9.17, 15) is 0 Å². The monoisotopic (exact) mass is 266 g/mol. The van der Waals surface area contributed by atoms with Gasteiger partial charge in [-0.25, -0.2) is 4.98 Å². The van der Waals surface area contributed by atoms with Crippen molar-refractivity contribution >= 4 is 0 Å². The van der Waals surface area contributed by atoms with Crippen molar-refractivity contribution < 1.29 is 9.47 Å². The molecular formula is C15H26N2O2. The summed E-state index contributed by atoms with van der Waals surface area (Å²) in [5.41, 5.74) is 1.10. The van der Waals surface area contributed by atoms with E-state index >= 15 is 0 Å². The fraction of sp³-hybridized carbons (Fsp3) is 0.667. The van der Waals surface area contributed by atoms with E-state index < -0.39 is 0 Å². The molecule has 108 valence electrons. The lowest BCUT2D eigenvalue weighted by Gasteiger charge is -2.11. The van der Waals surface area contributed by atoms with Crippen LogP contribution in [0.1, 0.15) is 38.7 Å². The van der Waals surface area contributed by atoms with E-state index in [4.69, 9.17) is 9.47 Å². The molecule has 0 aliphatic heterocycles. The van der Waals surface area contributed by atoms with Crippen LogP contribution in [0.15, 0.2) is 18.3 Å². The molecule has 0 bridgehead atoms. The highest BCUT2D eigenvalue weighted by Gasteiger charge is 2.03. The minimum Gasteiger partial charge on any atom is -0.475 e. The first kappa shape index (κ1) is 15.9. The highest BCUT2D eigenvalue weighted by Crippen LogP contribution is 2.13. The van der Waals surface area contributed by atoms with E-state index in [1.165, 1.54) is 0 Å². The van der Waals surface area contributed by atoms with Gasteiger partial charge in [0, 0.05) is 24.9 Å². The van der Waals surface area contributed by atoms with Crippen LogP contribution in [0.4, 0.5) is 0 Å². The van der Waals surface area contributed by atoms with E-state index in [0.717, 1.165) is 44.5 Å². The van der Waals surface area contributed by atoms with Crippen molar-refractivity contribution in [3.63, 3.8) is 0 Å². The second kappa shape index (κ2) is 10.8. The fourth-order valence-electron chi connectivity index (χ4n) is 1.63. The van der Waals surface area contributed by atoms with Gasteiger partial charge in [-0.1, -0.05) is 26.3 Å². The molecular weight excluding hydrogens is 240 g/mol. The van der Waals surface area contributed by atoms with E-state index in [-0.39, 0.29) is 0 Å². The van der Waals surface area contributed by atoms with Crippen molar-refractivity contribution in [1.29, 1.82) is 0 Å². The number of rotatable bonds is 11. The molecule has 0 atom stereocenters. The second-order valence-electron chi connectivity index (χ2n) is 4.46. The van der Waals surface area contributed by atoms with Gasteiger partial charge in [0.25, 0.3) is 0 Å². The molecule has 0 aliphatic rings. The number of nitrogens with one attached hydrogen (secondary N) is 1. The molecule has 0 saturated heterocycles. The smallest absolute Gasteiger partial charge is 0.217 e. The summed E-state index contributed by atoms with van der Waals surface area (Å²) < 4.78 is 11.1. The molecule has 1 aromatic heterocycles. The standard InChI is InChI=1S/C15H26N2O2/c1-3-5-10-18-11-12-19-15-14(7-6-9-17-15)13-16-8-4-2/h6-7,9,16H,3-5,8,10-13H2,1-2H3. The molecule has 1 aromatic rings. The molecule has 19 heavy (non-hydrogen) atoms. The average Bonchev–Trinajstić information content (AvgIpc) is 2.44. The van der Waals surface area contributed by atoms with Crippen molar-refractivity contribution in [3.05, 3.63) is 23.9 Å². The van der Waals surface area contributed by atoms with Gasteiger partial charge < -0.3 is 14.8 Å². The summed E-state index contributed by atoms with van der Waals surface area (Å²) in [5, 5.41) is 3.36. The Bertz CT molecular complexity index is 332. The summed E-state index contributed by atoms with van der Waals surface area (Å²) >= 11 is 0. The molecule has 4 heteroatoms. The van der Waals surface area contributed by atoms with Gasteiger partial charge in [0.05, 0.1) is 6.61 Å². The zero-order valence-electron chi connectivity index (χ0n) is 12.2. The van der Waals surface area contributed by atoms with Gasteiger partial charge in [0.15, 0.2) is 0 Å². The first-order chi connectivity index (χ1) is 9.38. The summed E-state index contributed by atoms with van der Waals surface area (Å²) in [4.78, 5) is 4.27. The first-order valence-electron chi connectivity index (χ1n) is 7.23. The van der Waals surface area contributed by atoms with E-state index in [1.807, 2.05) is 12.1 Å². The number of hydrogen-bond donors (Lipinski definition) is 1. The Labute approximate surface area is 116 Å². The molecule has 0 saturated carbocycles. The third-order valence-corrected chi connectivity index (χ3v) is 2.70. The van der Waals surface area contributed by atoms with Crippen molar-refractivity contribution in [2.45, 2.75) is 39.7 Å². The lowest BCUT2D eigenvalue weighted by atomic mass is 10.2. The van der Waals surface area contributed by atoms with Crippen LogP contribution < -0.4 is 10.1 Å². The minimum atomic E-state index is 0.557. The maximum Gasteiger partial charge on any atom is 0.217 e. The molecule has 1 heterocycles. The largest absolute Gasteiger partial charge is 0.475 e. The molecule has 0 aromatic carbocycles. The van der Waals surface area contributed by atoms with Gasteiger partial charge in [0.1, 0.15) is 6.61 Å². The lowest BCUT2D eigenvalue weighted by Crippen LogP contribution is -2.16. The molecule has 0 radical (unpaired) electrons. The van der Waals surface area contributed by atoms with Crippen LogP contribution in [-0.2, 0) is 11.3 Å². The summed E-state index contributed by atoms with van der Waals surface area (Å²) in [6.07, 6.45) is 5.16. The maximum atomic E-state index is 5.67. The van der Waals surface area contributed by atoms with Crippen LogP contribution in [0.5, 0.6) is 5.88 Å². The molecule has 4 nitrogen and oxygen atoms in total. The Hall–Kier alpha value is -1.13. The lowest BCUT2D eigenvalue weighted by molar-refractivity contribution is 0.0961. The number of hydrogen-bond acceptors (Lipinski definition) is 4. The molecule has 0 amide bonds. The Morgan fingerprint density at radius 1 is 1.16 bits per heavy atom. The van der Waals surface area contributed by atoms with E-state index in [0.29, 0.717) is 19.1 Å². The number of ether oxygens (including phenoxy) is 2. The summed E-state index contributed by atoms with van der Waals surface area (Å²) in [5.74, 6) is 0.713. The Morgan fingerprint density at radius 3 is 2.84 bits per heavy atom. The predicted octanol–water partition coefficient (Wildman–Crippen LogP) is 2.78. The highest BCUT2D eigenvalue weighted by atomic mass is 16.5. The second-order valence-corrected chi connectivity index (χ2v) is 4.46. The predicted molar refractivity (Wildman–Crippen MR) is 77.5 cm³/mol. The Balaban J connectivity index is 2.27. The summed E-state index contributed by atoms with van der Waals surface area (Å²) in [6, 6.07) is 3.98. The summed E-state index contributed by atoms with van der Waals surface area (Å²) in [6.45, 7) is 8.11. The SMILES string of the molecule is CCCCOCCOc1ncccc1CNCCC. The summed E-state index contributed by atoms with van der Waals surface area (Å²) in [7, 11) is 0. The van der Waals surface area contributed by atoms with E-state index in [2.05, 4.69) is 24.1 Å². The van der Waals surface area contributed by atoms with Crippen LogP contribution in [0.2, 0.25) is 0 Å². The fourth-order valence-corrected chi connectivity index (χ4v) is 1.63. The molecule has 1 rings (SSSR count). The quantitative estimate of drug-likeness (QED) is 0.625. The highest BCUT2D eigenvalue weighted by molar-refractivity contribution is 5.25. The number of pyridine rings is 1. The third kappa shape index (κ3) is 7.13. The van der Waals surface area contributed by atoms with Crippen LogP contribution in [0.25, 0.3) is 0 Å². The number of aromatic nitrogens is 1. The van der Waals surface area contributed by atoms with Gasteiger partial charge in [-0.05, 0) is 25.5 Å². The van der Waals surface area contributed by atoms with Gasteiger partial charge in [-0.3, -0.25) is 0 Å². The third-order valence-electron chi connectivity index (χ3n) is 2.70. The van der Waals surface area contributed by atoms with Crippen molar-refractivity contribution in [3.8, 4) is 5.88 Å². The van der Waals surface area contributed by atoms with Gasteiger partial charge in [-0.2, -0.15) is 0 Å². The van der Waals surface area contributed by atoms with Gasteiger partial charge >= 0.3 is 0 Å². The zero-order valence-corrected chi connectivity index (χ0v) is 12.2. The molecule has 0 unspecified atom stereocenters. The first-order valence-corrected chi connectivity index (χ1v) is 7.23. The van der Waals surface area contributed by atoms with Crippen LogP contribution >= 0.6 is 0 Å². The topological polar surface area (TPSA) is 43.4 Å². The van der Waals surface area contributed by atoms with E-state index in [1.54, 1.807) is 6.20 Å². The Morgan fingerprint density at radius 2 is 2.05 bits per heavy atom. The number of unbranched alkanes of at least 4 members (excludes halogenated alkanes) is 1. The van der Waals surface area contributed by atoms with Crippen LogP contribution in [0.3, 0.4) is 0 Å². The normalized spacial score (nSPS) is 10.6. The average molecular weight is 266 g/mol. The minimum absolute atomic E-state index is 0.557. The molecule has 0 fully saturated rings. The van der Waals surface area contributed by atoms with Crippen molar-refractivity contribution in [2.24, 2.45) is 0 Å². The van der Waals surface area contributed by atoms with Crippen LogP contribution in [-0.4, -0.2) is 31.3 Å². The van der Waals surface area contributed by atoms with Gasteiger partial charge in [-0.15, -0.1) is 0 Å². The van der Waals surface area contributed by atoms with Crippen molar-refractivity contribution in [1.82, 2.24) is 10.3 Å². The number of nitrogens with zero attached hydrogens (tertiary/aromatic N) is 1. The molecule has 0 spiro atoms. The van der Waals surface area contributed by atoms with Crippen molar-refractivity contribution in [2.75, 3.05) is 26.4 Å². The van der Waals surface area contributed by atoms with Gasteiger partial charge in [0.2, 0.25) is 5.88 Å². The van der Waals surface area contributed by atoms with Crippen LogP contribution in [0, 0.1) is 0 Å². The Kier molecular flexibility index (Phi) is 9.02. The molecule has 0 aliphatic carbocycles. The zero-order chi connectivity index (χ0) is 13.8. The maximum absolute atomic E-state index is 5.67. The molecule has 1 N–H and O–H groups in total.